The molecule has 0 aliphatic carbocycles. The van der Waals surface area contributed by atoms with Crippen molar-refractivity contribution in [2.75, 3.05) is 13.2 Å². The van der Waals surface area contributed by atoms with Crippen LogP contribution in [0.3, 0.4) is 0 Å². The van der Waals surface area contributed by atoms with Crippen molar-refractivity contribution in [2.24, 2.45) is 0 Å². The maximum atomic E-state index is 14.2. The Morgan fingerprint density at radius 2 is 1.56 bits per heavy atom. The molecule has 7 nitrogen and oxygen atoms in total. The number of ether oxygens (including phenoxy) is 3. The number of nitrogens with zero attached hydrogens (tertiary/aromatic N) is 4. The van der Waals surface area contributed by atoms with E-state index in [0.29, 0.717) is 36.2 Å². The standard InChI is InChI=1S/C36H27FN4O3.Pt/c1-3-42-33-13-8-14-34(43-4-2)36(33)24-22-39-40(23-24)26-9-7-10-27(20-26)44-28-15-16-30-29-11-5-6-12-31(29)41(32(30)21-28)35-19-25(37)17-18-38-35;/h5-19,22-23H,3-4H2,1-2H3;/q-2;+2. The molecule has 7 aromatic rings. The predicted molar refractivity (Wildman–Crippen MR) is 168 cm³/mol. The molecule has 45 heavy (non-hydrogen) atoms. The van der Waals surface area contributed by atoms with Crippen LogP contribution in [0.25, 0.3) is 44.4 Å². The van der Waals surface area contributed by atoms with Gasteiger partial charge < -0.3 is 18.8 Å². The minimum absolute atomic E-state index is 0. The molecule has 4 aromatic carbocycles. The van der Waals surface area contributed by atoms with Gasteiger partial charge in [-0.3, -0.25) is 4.68 Å². The molecule has 3 aromatic heterocycles. The number of fused-ring (bicyclic) bond motifs is 3. The van der Waals surface area contributed by atoms with Crippen LogP contribution in [0, 0.1) is 17.9 Å². The van der Waals surface area contributed by atoms with Crippen molar-refractivity contribution in [1.29, 1.82) is 0 Å². The summed E-state index contributed by atoms with van der Waals surface area (Å²) in [6.45, 7) is 4.97. The molecule has 0 aliphatic heterocycles. The van der Waals surface area contributed by atoms with E-state index in [1.165, 1.54) is 18.3 Å². The van der Waals surface area contributed by atoms with E-state index < -0.39 is 0 Å². The van der Waals surface area contributed by atoms with E-state index in [-0.39, 0.29) is 26.9 Å². The van der Waals surface area contributed by atoms with Gasteiger partial charge in [0.05, 0.1) is 25.0 Å². The van der Waals surface area contributed by atoms with Crippen LogP contribution in [-0.2, 0) is 21.1 Å². The second kappa shape index (κ2) is 13.0. The first kappa shape index (κ1) is 30.1. The van der Waals surface area contributed by atoms with Crippen LogP contribution in [0.2, 0.25) is 0 Å². The molecular weight excluding hydrogens is 750 g/mol. The predicted octanol–water partition coefficient (Wildman–Crippen LogP) is 8.36. The number of hydrogen-bond donors (Lipinski definition) is 0. The molecule has 0 fully saturated rings. The summed E-state index contributed by atoms with van der Waals surface area (Å²) < 4.78 is 35.9. The van der Waals surface area contributed by atoms with Crippen LogP contribution in [0.5, 0.6) is 23.0 Å². The van der Waals surface area contributed by atoms with Gasteiger partial charge in [-0.2, -0.15) is 17.2 Å². The fraction of sp³-hybridized carbons (Fsp3) is 0.111. The molecule has 7 rings (SSSR count). The number of aromatic nitrogens is 4. The molecule has 0 saturated carbocycles. The van der Waals surface area contributed by atoms with Crippen molar-refractivity contribution in [1.82, 2.24) is 19.3 Å². The number of hydrogen-bond acceptors (Lipinski definition) is 5. The summed E-state index contributed by atoms with van der Waals surface area (Å²) in [7, 11) is 0. The van der Waals surface area contributed by atoms with Crippen molar-refractivity contribution in [2.45, 2.75) is 13.8 Å². The molecular formula is C36H27FN4O3Pt. The van der Waals surface area contributed by atoms with Crippen LogP contribution < -0.4 is 14.2 Å². The second-order valence-electron chi connectivity index (χ2n) is 9.94. The van der Waals surface area contributed by atoms with E-state index in [9.17, 15) is 4.39 Å². The van der Waals surface area contributed by atoms with Crippen LogP contribution in [0.15, 0.2) is 104 Å². The smallest absolute Gasteiger partial charge is 0.509 e. The van der Waals surface area contributed by atoms with Gasteiger partial charge in [0.2, 0.25) is 0 Å². The largest absolute Gasteiger partial charge is 2.00 e. The molecule has 0 atom stereocenters. The van der Waals surface area contributed by atoms with Crippen molar-refractivity contribution in [3.63, 3.8) is 0 Å². The zero-order valence-corrected chi connectivity index (χ0v) is 26.7. The normalized spacial score (nSPS) is 11.0. The third-order valence-electron chi connectivity index (χ3n) is 7.17. The number of rotatable bonds is 9. The van der Waals surface area contributed by atoms with Gasteiger partial charge in [-0.25, -0.2) is 9.37 Å². The van der Waals surface area contributed by atoms with E-state index in [0.717, 1.165) is 44.4 Å². The Labute approximate surface area is 274 Å². The van der Waals surface area contributed by atoms with Gasteiger partial charge >= 0.3 is 21.1 Å². The first-order valence-corrected chi connectivity index (χ1v) is 14.3. The van der Waals surface area contributed by atoms with Crippen LogP contribution in [0.1, 0.15) is 13.8 Å². The molecule has 0 bridgehead atoms. The topological polar surface area (TPSA) is 63.3 Å². The van der Waals surface area contributed by atoms with Gasteiger partial charge in [0.1, 0.15) is 23.1 Å². The zero-order chi connectivity index (χ0) is 30.0. The Morgan fingerprint density at radius 3 is 2.33 bits per heavy atom. The average molecular weight is 778 g/mol. The fourth-order valence-electron chi connectivity index (χ4n) is 5.37. The number of para-hydroxylation sites is 1. The molecule has 9 heteroatoms. The summed E-state index contributed by atoms with van der Waals surface area (Å²) in [5, 5.41) is 6.57. The Kier molecular flexibility index (Phi) is 8.67. The molecule has 0 radical (unpaired) electrons. The van der Waals surface area contributed by atoms with E-state index >= 15 is 0 Å². The first-order valence-electron chi connectivity index (χ1n) is 14.3. The molecule has 0 aliphatic rings. The summed E-state index contributed by atoms with van der Waals surface area (Å²) in [5.74, 6) is 2.54. The van der Waals surface area contributed by atoms with Gasteiger partial charge in [-0.1, -0.05) is 29.8 Å². The van der Waals surface area contributed by atoms with Gasteiger partial charge in [0.15, 0.2) is 0 Å². The Balaban J connectivity index is 0.00000357. The van der Waals surface area contributed by atoms with E-state index in [1.807, 2.05) is 97.4 Å². The molecule has 0 spiro atoms. The van der Waals surface area contributed by atoms with Crippen LogP contribution in [-0.4, -0.2) is 32.5 Å². The maximum Gasteiger partial charge on any atom is 2.00 e. The molecule has 0 saturated heterocycles. The SMILES string of the molecule is CCOc1cccc(OCC)c1-c1cnn(-c2[c-]c(Oc3[c-]c4c(cc3)c3ccccc3n4-c3cc(F)ccn3)ccc2)c1.[Pt+2]. The Bertz CT molecular complexity index is 2100. The molecule has 0 unspecified atom stereocenters. The number of benzene rings is 4. The zero-order valence-electron chi connectivity index (χ0n) is 24.4. The first-order chi connectivity index (χ1) is 21.6. The maximum absolute atomic E-state index is 14.2. The van der Waals surface area contributed by atoms with Gasteiger partial charge in [-0.15, -0.1) is 35.7 Å². The van der Waals surface area contributed by atoms with Crippen molar-refractivity contribution in [3.8, 4) is 45.6 Å². The quantitative estimate of drug-likeness (QED) is 0.138. The Morgan fingerprint density at radius 1 is 0.800 bits per heavy atom. The van der Waals surface area contributed by atoms with Crippen molar-refractivity contribution in [3.05, 3.63) is 121 Å². The third kappa shape index (κ3) is 5.81. The fourth-order valence-corrected chi connectivity index (χ4v) is 5.37. The van der Waals surface area contributed by atoms with Crippen LogP contribution >= 0.6 is 0 Å². The van der Waals surface area contributed by atoms with E-state index in [1.54, 1.807) is 10.9 Å². The summed E-state index contributed by atoms with van der Waals surface area (Å²) in [4.78, 5) is 4.43. The third-order valence-corrected chi connectivity index (χ3v) is 7.17. The van der Waals surface area contributed by atoms with E-state index in [4.69, 9.17) is 14.2 Å². The minimum Gasteiger partial charge on any atom is -0.509 e. The van der Waals surface area contributed by atoms with Crippen molar-refractivity contribution < 1.29 is 39.7 Å². The van der Waals surface area contributed by atoms with Gasteiger partial charge in [0.25, 0.3) is 0 Å². The molecule has 3 heterocycles. The number of halogens is 1. The summed E-state index contributed by atoms with van der Waals surface area (Å²) in [5.41, 5.74) is 4.03. The minimum atomic E-state index is -0.364. The molecule has 0 amide bonds. The average Bonchev–Trinajstić information content (AvgIpc) is 3.65. The molecule has 226 valence electrons. The summed E-state index contributed by atoms with van der Waals surface area (Å²) in [6.07, 6.45) is 5.15. The number of pyridine rings is 1. The van der Waals surface area contributed by atoms with Gasteiger partial charge in [-0.05, 0) is 49.2 Å². The van der Waals surface area contributed by atoms with Crippen molar-refractivity contribution >= 4 is 21.8 Å². The monoisotopic (exact) mass is 777 g/mol. The van der Waals surface area contributed by atoms with Gasteiger partial charge in [0, 0.05) is 41.0 Å². The van der Waals surface area contributed by atoms with Crippen LogP contribution in [0.4, 0.5) is 4.39 Å². The summed E-state index contributed by atoms with van der Waals surface area (Å²) >= 11 is 0. The molecule has 0 N–H and O–H groups in total. The second-order valence-corrected chi connectivity index (χ2v) is 9.94. The summed E-state index contributed by atoms with van der Waals surface area (Å²) in [6, 6.07) is 32.6. The Hall–Kier alpha value is -4.94. The van der Waals surface area contributed by atoms with E-state index in [2.05, 4.69) is 22.2 Å².